The van der Waals surface area contributed by atoms with Gasteiger partial charge in [-0.15, -0.1) is 0 Å². The van der Waals surface area contributed by atoms with Crippen LogP contribution in [0.4, 0.5) is 5.82 Å². The number of rotatable bonds is 1. The van der Waals surface area contributed by atoms with Crippen LogP contribution in [0.5, 0.6) is 0 Å². The average molecular weight is 287 g/mol. The fraction of sp³-hybridized carbons (Fsp3) is 0.625. The Balaban J connectivity index is 2.29. The van der Waals surface area contributed by atoms with E-state index in [-0.39, 0.29) is 0 Å². The molecule has 0 aliphatic carbocycles. The molecule has 3 rings (SSSR count). The molecule has 1 fully saturated rings. The third-order valence-corrected chi connectivity index (χ3v) is 4.84. The van der Waals surface area contributed by atoms with Crippen molar-refractivity contribution < 1.29 is 0 Å². The van der Waals surface area contributed by atoms with E-state index in [0.717, 1.165) is 16.9 Å². The van der Waals surface area contributed by atoms with E-state index in [2.05, 4.69) is 42.4 Å². The van der Waals surface area contributed by atoms with Crippen molar-refractivity contribution in [1.82, 2.24) is 14.6 Å². The van der Waals surface area contributed by atoms with E-state index in [1.807, 2.05) is 6.92 Å². The average Bonchev–Trinajstić information content (AvgIpc) is 2.63. The second-order valence-electron chi connectivity index (χ2n) is 6.39. The van der Waals surface area contributed by atoms with Crippen molar-refractivity contribution in [3.63, 3.8) is 0 Å². The van der Waals surface area contributed by atoms with Crippen molar-refractivity contribution >= 4 is 16.9 Å². The number of anilines is 1. The number of fused-ring (bicyclic) bond motifs is 1. The normalized spacial score (nSPS) is 23.0. The third kappa shape index (κ3) is 2.06. The van der Waals surface area contributed by atoms with Gasteiger partial charge in [0, 0.05) is 17.8 Å². The number of piperidine rings is 1. The summed E-state index contributed by atoms with van der Waals surface area (Å²) >= 11 is 0. The fourth-order valence-corrected chi connectivity index (χ4v) is 3.68. The third-order valence-electron chi connectivity index (χ3n) is 4.84. The highest BCUT2D eigenvalue weighted by atomic mass is 15.6. The standard InChI is InChI=1S/C16H25N5/c1-9-7-6-8-10(2)20(9)21-12(4)11(3)14-15(17)18-13(5)19-16(14)21/h9-10H,6-8H2,1-5H3,(H2,17,18,19). The molecule has 0 aromatic carbocycles. The number of hydrogen-bond acceptors (Lipinski definition) is 4. The van der Waals surface area contributed by atoms with Gasteiger partial charge in [-0.25, -0.2) is 14.6 Å². The molecule has 2 N–H and O–H groups in total. The molecule has 0 radical (unpaired) electrons. The lowest BCUT2D eigenvalue weighted by Gasteiger charge is -2.42. The van der Waals surface area contributed by atoms with E-state index >= 15 is 0 Å². The molecule has 2 atom stereocenters. The number of nitrogen functional groups attached to an aromatic ring is 1. The van der Waals surface area contributed by atoms with Crippen molar-refractivity contribution in [2.24, 2.45) is 0 Å². The molecule has 0 spiro atoms. The van der Waals surface area contributed by atoms with Gasteiger partial charge in [-0.05, 0) is 59.4 Å². The van der Waals surface area contributed by atoms with Crippen LogP contribution >= 0.6 is 0 Å². The molecule has 5 nitrogen and oxygen atoms in total. The van der Waals surface area contributed by atoms with Crippen LogP contribution in [0.1, 0.15) is 50.2 Å². The number of aryl methyl sites for hydroxylation is 2. The van der Waals surface area contributed by atoms with E-state index < -0.39 is 0 Å². The minimum atomic E-state index is 0.513. The number of nitrogens with zero attached hydrogens (tertiary/aromatic N) is 4. The molecule has 0 bridgehead atoms. The highest BCUT2D eigenvalue weighted by Gasteiger charge is 2.29. The van der Waals surface area contributed by atoms with Gasteiger partial charge < -0.3 is 10.7 Å². The Kier molecular flexibility index (Phi) is 3.30. The first-order valence-electron chi connectivity index (χ1n) is 7.82. The first-order chi connectivity index (χ1) is 9.91. The van der Waals surface area contributed by atoms with Crippen molar-refractivity contribution in [1.29, 1.82) is 0 Å². The molecule has 114 valence electrons. The quantitative estimate of drug-likeness (QED) is 0.876. The van der Waals surface area contributed by atoms with Gasteiger partial charge in [0.2, 0.25) is 0 Å². The van der Waals surface area contributed by atoms with Gasteiger partial charge in [-0.3, -0.25) is 0 Å². The second-order valence-corrected chi connectivity index (χ2v) is 6.39. The van der Waals surface area contributed by atoms with Crippen molar-refractivity contribution in [3.05, 3.63) is 17.1 Å². The summed E-state index contributed by atoms with van der Waals surface area (Å²) in [6.45, 7) is 10.8. The fourth-order valence-electron chi connectivity index (χ4n) is 3.68. The van der Waals surface area contributed by atoms with Crippen molar-refractivity contribution in [2.45, 2.75) is 66.0 Å². The zero-order valence-electron chi connectivity index (χ0n) is 13.6. The van der Waals surface area contributed by atoms with Gasteiger partial charge in [0.1, 0.15) is 11.6 Å². The highest BCUT2D eigenvalue weighted by molar-refractivity contribution is 5.91. The van der Waals surface area contributed by atoms with E-state index in [4.69, 9.17) is 10.7 Å². The number of nitrogens with two attached hydrogens (primary N) is 1. The van der Waals surface area contributed by atoms with Crippen LogP contribution in [-0.2, 0) is 0 Å². The molecule has 1 aliphatic rings. The van der Waals surface area contributed by atoms with E-state index in [0.29, 0.717) is 17.9 Å². The van der Waals surface area contributed by atoms with Crippen LogP contribution in [0.3, 0.4) is 0 Å². The Labute approximate surface area is 126 Å². The lowest BCUT2D eigenvalue weighted by molar-refractivity contribution is 0.338. The lowest BCUT2D eigenvalue weighted by Crippen LogP contribution is -2.51. The monoisotopic (exact) mass is 287 g/mol. The largest absolute Gasteiger partial charge is 0.383 e. The van der Waals surface area contributed by atoms with E-state index in [1.54, 1.807) is 0 Å². The maximum absolute atomic E-state index is 6.16. The molecule has 0 amide bonds. The minimum Gasteiger partial charge on any atom is -0.383 e. The molecule has 1 saturated heterocycles. The molecular weight excluding hydrogens is 262 g/mol. The molecule has 3 heterocycles. The Morgan fingerprint density at radius 2 is 1.67 bits per heavy atom. The Bertz CT molecular complexity index is 678. The molecule has 2 unspecified atom stereocenters. The van der Waals surface area contributed by atoms with Gasteiger partial charge in [0.05, 0.1) is 5.39 Å². The summed E-state index contributed by atoms with van der Waals surface area (Å²) in [6, 6.07) is 1.03. The van der Waals surface area contributed by atoms with Crippen LogP contribution in [0.2, 0.25) is 0 Å². The SMILES string of the molecule is Cc1nc(N)c2c(C)c(C)n(N3C(C)CCCC3C)c2n1. The summed E-state index contributed by atoms with van der Waals surface area (Å²) in [5.74, 6) is 1.32. The summed E-state index contributed by atoms with van der Waals surface area (Å²) in [7, 11) is 0. The Morgan fingerprint density at radius 1 is 1.05 bits per heavy atom. The molecule has 21 heavy (non-hydrogen) atoms. The first-order valence-corrected chi connectivity index (χ1v) is 7.82. The van der Waals surface area contributed by atoms with Crippen LogP contribution in [0.25, 0.3) is 11.0 Å². The predicted molar refractivity (Wildman–Crippen MR) is 87.1 cm³/mol. The molecule has 1 aliphatic heterocycles. The summed E-state index contributed by atoms with van der Waals surface area (Å²) in [6.07, 6.45) is 3.75. The molecule has 5 heteroatoms. The minimum absolute atomic E-state index is 0.513. The van der Waals surface area contributed by atoms with Gasteiger partial charge in [0.25, 0.3) is 0 Å². The maximum Gasteiger partial charge on any atom is 0.164 e. The molecule has 2 aromatic rings. The van der Waals surface area contributed by atoms with Gasteiger partial charge in [-0.1, -0.05) is 0 Å². The summed E-state index contributed by atoms with van der Waals surface area (Å²) in [4.78, 5) is 9.03. The number of hydrogen-bond donors (Lipinski definition) is 1. The zero-order chi connectivity index (χ0) is 15.3. The summed E-state index contributed by atoms with van der Waals surface area (Å²) in [5.41, 5.74) is 9.52. The predicted octanol–water partition coefficient (Wildman–Crippen LogP) is 2.84. The van der Waals surface area contributed by atoms with E-state index in [9.17, 15) is 0 Å². The Hall–Kier alpha value is -1.78. The Morgan fingerprint density at radius 3 is 2.29 bits per heavy atom. The van der Waals surface area contributed by atoms with Gasteiger partial charge >= 0.3 is 0 Å². The van der Waals surface area contributed by atoms with Crippen LogP contribution in [0, 0.1) is 20.8 Å². The van der Waals surface area contributed by atoms with Gasteiger partial charge in [-0.2, -0.15) is 0 Å². The first kappa shape index (κ1) is 14.2. The lowest BCUT2D eigenvalue weighted by atomic mass is 10.00. The molecular formula is C16H25N5. The van der Waals surface area contributed by atoms with Crippen LogP contribution < -0.4 is 10.7 Å². The highest BCUT2D eigenvalue weighted by Crippen LogP contribution is 2.31. The molecule has 2 aromatic heterocycles. The van der Waals surface area contributed by atoms with Crippen molar-refractivity contribution in [2.75, 3.05) is 10.7 Å². The van der Waals surface area contributed by atoms with Gasteiger partial charge in [0.15, 0.2) is 5.65 Å². The second kappa shape index (κ2) is 4.90. The summed E-state index contributed by atoms with van der Waals surface area (Å²) in [5, 5.41) is 3.48. The zero-order valence-corrected chi connectivity index (χ0v) is 13.6. The summed E-state index contributed by atoms with van der Waals surface area (Å²) < 4.78 is 2.28. The topological polar surface area (TPSA) is 60.0 Å². The van der Waals surface area contributed by atoms with E-state index in [1.165, 1.54) is 30.5 Å². The molecule has 0 saturated carbocycles. The van der Waals surface area contributed by atoms with Crippen molar-refractivity contribution in [3.8, 4) is 0 Å². The van der Waals surface area contributed by atoms with Crippen LogP contribution in [0.15, 0.2) is 0 Å². The number of aromatic nitrogens is 3. The van der Waals surface area contributed by atoms with Crippen LogP contribution in [-0.4, -0.2) is 26.7 Å². The smallest absolute Gasteiger partial charge is 0.164 e. The maximum atomic E-state index is 6.16.